The summed E-state index contributed by atoms with van der Waals surface area (Å²) < 4.78 is 11.9. The zero-order chi connectivity index (χ0) is 19.3. The quantitative estimate of drug-likeness (QED) is 0.758. The monoisotopic (exact) mass is 367 g/mol. The number of piperidine rings is 1. The molecule has 2 atom stereocenters. The van der Waals surface area contributed by atoms with Crippen LogP contribution in [0.3, 0.4) is 0 Å². The number of likely N-dealkylation sites (N-methyl/N-ethyl adjacent to an activating group) is 1. The number of nitrogens with zero attached hydrogens (tertiary/aromatic N) is 1. The maximum atomic E-state index is 12.7. The summed E-state index contributed by atoms with van der Waals surface area (Å²) in [5.74, 6) is -0.715. The molecule has 1 heterocycles. The van der Waals surface area contributed by atoms with Gasteiger partial charge in [0.1, 0.15) is 0 Å². The lowest BCUT2D eigenvalue weighted by molar-refractivity contribution is -0.187. The molecule has 5 nitrogen and oxygen atoms in total. The fraction of sp³-hybridized carbons (Fsp3) is 0.364. The third-order valence-corrected chi connectivity index (χ3v) is 4.97. The second-order valence-electron chi connectivity index (χ2n) is 6.86. The number of rotatable bonds is 5. The Morgan fingerprint density at radius 2 is 1.70 bits per heavy atom. The Bertz CT molecular complexity index is 777. The van der Waals surface area contributed by atoms with Crippen LogP contribution < -0.4 is 0 Å². The fourth-order valence-corrected chi connectivity index (χ4v) is 3.45. The molecular weight excluding hydrogens is 342 g/mol. The van der Waals surface area contributed by atoms with Gasteiger partial charge in [0.05, 0.1) is 5.56 Å². The standard InChI is InChI=1S/C22H25NO4/c1-3-20(24)27-22(18-12-8-5-9-13-18)14-15-23(2)16-19(22)26-21(25)17-10-6-4-7-11-17/h4-13,19H,3,14-16H2,1-2H3. The van der Waals surface area contributed by atoms with Crippen LogP contribution in [0.2, 0.25) is 0 Å². The zero-order valence-electron chi connectivity index (χ0n) is 15.8. The number of ether oxygens (including phenoxy) is 2. The van der Waals surface area contributed by atoms with Crippen LogP contribution in [0.25, 0.3) is 0 Å². The Hall–Kier alpha value is -2.66. The smallest absolute Gasteiger partial charge is 0.338 e. The van der Waals surface area contributed by atoms with Crippen molar-refractivity contribution in [2.24, 2.45) is 0 Å². The van der Waals surface area contributed by atoms with Crippen LogP contribution in [0.15, 0.2) is 60.7 Å². The van der Waals surface area contributed by atoms with Gasteiger partial charge in [-0.15, -0.1) is 0 Å². The minimum Gasteiger partial charge on any atom is -0.453 e. The van der Waals surface area contributed by atoms with Crippen molar-refractivity contribution < 1.29 is 19.1 Å². The number of benzene rings is 2. The molecule has 0 radical (unpaired) electrons. The van der Waals surface area contributed by atoms with Gasteiger partial charge in [0.2, 0.25) is 0 Å². The van der Waals surface area contributed by atoms with Gasteiger partial charge in [-0.25, -0.2) is 4.79 Å². The van der Waals surface area contributed by atoms with Crippen LogP contribution in [0.1, 0.15) is 35.7 Å². The van der Waals surface area contributed by atoms with Crippen molar-refractivity contribution in [3.63, 3.8) is 0 Å². The predicted octanol–water partition coefficient (Wildman–Crippen LogP) is 3.40. The van der Waals surface area contributed by atoms with Gasteiger partial charge in [-0.3, -0.25) is 4.79 Å². The van der Waals surface area contributed by atoms with Crippen molar-refractivity contribution in [2.45, 2.75) is 31.5 Å². The summed E-state index contributed by atoms with van der Waals surface area (Å²) in [4.78, 5) is 27.1. The predicted molar refractivity (Wildman–Crippen MR) is 102 cm³/mol. The number of esters is 2. The maximum Gasteiger partial charge on any atom is 0.338 e. The molecule has 1 saturated heterocycles. The second-order valence-corrected chi connectivity index (χ2v) is 6.86. The van der Waals surface area contributed by atoms with Crippen LogP contribution in [-0.2, 0) is 19.9 Å². The van der Waals surface area contributed by atoms with Crippen molar-refractivity contribution in [1.82, 2.24) is 4.90 Å². The zero-order valence-corrected chi connectivity index (χ0v) is 15.8. The van der Waals surface area contributed by atoms with E-state index in [1.165, 1.54) is 0 Å². The molecule has 0 spiro atoms. The molecule has 142 valence electrons. The number of hydrogen-bond acceptors (Lipinski definition) is 5. The van der Waals surface area contributed by atoms with Gasteiger partial charge >= 0.3 is 11.9 Å². The topological polar surface area (TPSA) is 55.8 Å². The SMILES string of the molecule is CCC(=O)OC1(c2ccccc2)CCN(C)CC1OC(=O)c1ccccc1. The van der Waals surface area contributed by atoms with Crippen LogP contribution in [0.5, 0.6) is 0 Å². The third-order valence-electron chi connectivity index (χ3n) is 4.97. The van der Waals surface area contributed by atoms with Crippen molar-refractivity contribution in [1.29, 1.82) is 0 Å². The first-order chi connectivity index (χ1) is 13.0. The van der Waals surface area contributed by atoms with E-state index < -0.39 is 17.7 Å². The highest BCUT2D eigenvalue weighted by Crippen LogP contribution is 2.39. The summed E-state index contributed by atoms with van der Waals surface area (Å²) >= 11 is 0. The molecule has 0 N–H and O–H groups in total. The summed E-state index contributed by atoms with van der Waals surface area (Å²) in [5, 5.41) is 0. The summed E-state index contributed by atoms with van der Waals surface area (Å²) in [6.45, 7) is 3.00. The third kappa shape index (κ3) is 4.19. The Kier molecular flexibility index (Phi) is 5.91. The Morgan fingerprint density at radius 1 is 1.07 bits per heavy atom. The first-order valence-electron chi connectivity index (χ1n) is 9.27. The van der Waals surface area contributed by atoms with Crippen molar-refractivity contribution in [2.75, 3.05) is 20.1 Å². The maximum absolute atomic E-state index is 12.7. The molecule has 2 aromatic carbocycles. The molecule has 2 unspecified atom stereocenters. The van der Waals surface area contributed by atoms with Gasteiger partial charge in [-0.2, -0.15) is 0 Å². The Balaban J connectivity index is 1.97. The first kappa shape index (κ1) is 19.1. The molecule has 1 aliphatic heterocycles. The van der Waals surface area contributed by atoms with E-state index in [1.807, 2.05) is 43.4 Å². The second kappa shape index (κ2) is 8.35. The van der Waals surface area contributed by atoms with Crippen LogP contribution in [-0.4, -0.2) is 43.1 Å². The van der Waals surface area contributed by atoms with Crippen LogP contribution >= 0.6 is 0 Å². The lowest BCUT2D eigenvalue weighted by atomic mass is 9.81. The molecule has 5 heteroatoms. The minimum absolute atomic E-state index is 0.268. The minimum atomic E-state index is -0.981. The van der Waals surface area contributed by atoms with E-state index in [0.717, 1.165) is 12.1 Å². The molecule has 27 heavy (non-hydrogen) atoms. The molecule has 1 fully saturated rings. The fourth-order valence-electron chi connectivity index (χ4n) is 3.45. The van der Waals surface area contributed by atoms with Gasteiger partial charge in [0.25, 0.3) is 0 Å². The van der Waals surface area contributed by atoms with Crippen molar-refractivity contribution >= 4 is 11.9 Å². The summed E-state index contributed by atoms with van der Waals surface area (Å²) in [6, 6.07) is 18.5. The number of hydrogen-bond donors (Lipinski definition) is 0. The Morgan fingerprint density at radius 3 is 2.33 bits per heavy atom. The van der Waals surface area contributed by atoms with E-state index in [-0.39, 0.29) is 12.4 Å². The first-order valence-corrected chi connectivity index (χ1v) is 9.27. The van der Waals surface area contributed by atoms with Gasteiger partial charge < -0.3 is 14.4 Å². The number of likely N-dealkylation sites (tertiary alicyclic amines) is 1. The number of carbonyl (C=O) groups is 2. The number of carbonyl (C=O) groups excluding carboxylic acids is 2. The molecule has 0 aromatic heterocycles. The summed E-state index contributed by atoms with van der Waals surface area (Å²) in [5.41, 5.74) is 0.353. The van der Waals surface area contributed by atoms with E-state index in [1.54, 1.807) is 31.2 Å². The molecule has 0 saturated carbocycles. The molecule has 2 aromatic rings. The van der Waals surface area contributed by atoms with Crippen LogP contribution in [0, 0.1) is 0 Å². The lowest BCUT2D eigenvalue weighted by Gasteiger charge is -2.45. The molecule has 3 rings (SSSR count). The van der Waals surface area contributed by atoms with E-state index in [2.05, 4.69) is 4.90 Å². The van der Waals surface area contributed by atoms with Crippen molar-refractivity contribution in [3.8, 4) is 0 Å². The largest absolute Gasteiger partial charge is 0.453 e. The highest BCUT2D eigenvalue weighted by molar-refractivity contribution is 5.89. The van der Waals surface area contributed by atoms with Crippen LogP contribution in [0.4, 0.5) is 0 Å². The van der Waals surface area contributed by atoms with E-state index >= 15 is 0 Å². The van der Waals surface area contributed by atoms with Gasteiger partial charge in [-0.05, 0) is 24.7 Å². The molecular formula is C22H25NO4. The average Bonchev–Trinajstić information content (AvgIpc) is 2.71. The van der Waals surface area contributed by atoms with Crippen molar-refractivity contribution in [3.05, 3.63) is 71.8 Å². The summed E-state index contributed by atoms with van der Waals surface area (Å²) in [6.07, 6.45) is 0.234. The van der Waals surface area contributed by atoms with E-state index in [0.29, 0.717) is 18.5 Å². The van der Waals surface area contributed by atoms with Gasteiger partial charge in [-0.1, -0.05) is 55.5 Å². The normalized spacial score (nSPS) is 22.8. The highest BCUT2D eigenvalue weighted by atomic mass is 16.6. The highest BCUT2D eigenvalue weighted by Gasteiger charge is 2.49. The molecule has 0 aliphatic carbocycles. The Labute approximate surface area is 159 Å². The van der Waals surface area contributed by atoms with E-state index in [9.17, 15) is 9.59 Å². The van der Waals surface area contributed by atoms with Gasteiger partial charge in [0, 0.05) is 25.9 Å². The average molecular weight is 367 g/mol. The van der Waals surface area contributed by atoms with E-state index in [4.69, 9.17) is 9.47 Å². The van der Waals surface area contributed by atoms with Gasteiger partial charge in [0.15, 0.2) is 11.7 Å². The molecule has 1 aliphatic rings. The molecule has 0 amide bonds. The molecule has 0 bridgehead atoms. The summed E-state index contributed by atoms with van der Waals surface area (Å²) in [7, 11) is 1.97. The lowest BCUT2D eigenvalue weighted by Crippen LogP contribution is -2.56.